The molecule has 5 aliphatic rings. The van der Waals surface area contributed by atoms with Crippen LogP contribution < -0.4 is 5.32 Å². The summed E-state index contributed by atoms with van der Waals surface area (Å²) < 4.78 is 0.753. The summed E-state index contributed by atoms with van der Waals surface area (Å²) in [4.78, 5) is 27.2. The summed E-state index contributed by atoms with van der Waals surface area (Å²) in [5.74, 6) is 2.98. The zero-order valence-corrected chi connectivity index (χ0v) is 17.1. The Morgan fingerprint density at radius 3 is 2.33 bits per heavy atom. The number of likely N-dealkylation sites (tertiary alicyclic amines) is 1. The zero-order valence-electron chi connectivity index (χ0n) is 15.5. The van der Waals surface area contributed by atoms with Crippen molar-refractivity contribution in [1.82, 2.24) is 15.1 Å². The third-order valence-corrected chi connectivity index (χ3v) is 8.88. The van der Waals surface area contributed by atoms with Crippen LogP contribution in [0.25, 0.3) is 0 Å². The summed E-state index contributed by atoms with van der Waals surface area (Å²) in [6, 6.07) is 0. The quantitative estimate of drug-likeness (QED) is 0.599. The fourth-order valence-electron chi connectivity index (χ4n) is 6.12. The molecule has 4 saturated carbocycles. The first-order chi connectivity index (χ1) is 13.1. The van der Waals surface area contributed by atoms with Crippen molar-refractivity contribution in [2.45, 2.75) is 55.7 Å². The number of hydrogen-bond donors (Lipinski definition) is 1. The van der Waals surface area contributed by atoms with E-state index in [-0.39, 0.29) is 17.2 Å². The summed E-state index contributed by atoms with van der Waals surface area (Å²) in [6.07, 6.45) is 9.36. The second-order valence-corrected chi connectivity index (χ2v) is 11.1. The molecule has 4 bridgehead atoms. The zero-order chi connectivity index (χ0) is 18.4. The molecule has 1 aliphatic heterocycles. The van der Waals surface area contributed by atoms with Gasteiger partial charge in [-0.1, -0.05) is 23.1 Å². The van der Waals surface area contributed by atoms with Crippen LogP contribution >= 0.6 is 23.1 Å². The lowest BCUT2D eigenvalue weighted by Gasteiger charge is -2.55. The Labute approximate surface area is 167 Å². The lowest BCUT2D eigenvalue weighted by molar-refractivity contribution is -0.140. The van der Waals surface area contributed by atoms with E-state index in [1.165, 1.54) is 42.4 Å². The fraction of sp³-hybridized carbons (Fsp3) is 0.789. The van der Waals surface area contributed by atoms with Gasteiger partial charge in [0.2, 0.25) is 16.9 Å². The minimum absolute atomic E-state index is 0.155. The number of amides is 2. The Hall–Kier alpha value is -1.15. The van der Waals surface area contributed by atoms with Crippen molar-refractivity contribution < 1.29 is 9.59 Å². The van der Waals surface area contributed by atoms with Crippen LogP contribution in [0.2, 0.25) is 0 Å². The number of rotatable bonds is 5. The van der Waals surface area contributed by atoms with E-state index in [9.17, 15) is 9.59 Å². The van der Waals surface area contributed by atoms with Crippen molar-refractivity contribution in [3.8, 4) is 0 Å². The number of carbonyl (C=O) groups is 2. The monoisotopic (exact) mass is 406 g/mol. The lowest BCUT2D eigenvalue weighted by atomic mass is 9.49. The van der Waals surface area contributed by atoms with Crippen molar-refractivity contribution in [2.24, 2.45) is 23.2 Å². The Balaban J connectivity index is 1.18. The van der Waals surface area contributed by atoms with Gasteiger partial charge in [0.25, 0.3) is 0 Å². The average molecular weight is 407 g/mol. The van der Waals surface area contributed by atoms with Gasteiger partial charge in [-0.2, -0.15) is 0 Å². The Kier molecular flexibility index (Phi) is 4.66. The molecule has 4 aliphatic carbocycles. The normalized spacial score (nSPS) is 34.2. The minimum atomic E-state index is -0.167. The molecule has 6 rings (SSSR count). The van der Waals surface area contributed by atoms with Gasteiger partial charge in [-0.3, -0.25) is 9.59 Å². The SMILES string of the molecule is O=C(CSc1nnc(NC(=O)C23CC4CC(CC(C4)C2)C3)s1)N1CCCC1. The van der Waals surface area contributed by atoms with E-state index < -0.39 is 0 Å². The molecule has 0 unspecified atom stereocenters. The molecule has 146 valence electrons. The highest BCUT2D eigenvalue weighted by Crippen LogP contribution is 2.60. The van der Waals surface area contributed by atoms with Crippen LogP contribution in [0.4, 0.5) is 5.13 Å². The van der Waals surface area contributed by atoms with Gasteiger partial charge in [0.1, 0.15) is 0 Å². The largest absolute Gasteiger partial charge is 0.342 e. The van der Waals surface area contributed by atoms with E-state index in [2.05, 4.69) is 15.5 Å². The second-order valence-electron chi connectivity index (χ2n) is 8.90. The van der Waals surface area contributed by atoms with Crippen molar-refractivity contribution >= 4 is 40.0 Å². The number of nitrogens with one attached hydrogen (secondary N) is 1. The Bertz CT molecular complexity index is 709. The number of carbonyl (C=O) groups excluding carboxylic acids is 2. The van der Waals surface area contributed by atoms with Gasteiger partial charge in [-0.25, -0.2) is 0 Å². The average Bonchev–Trinajstić information content (AvgIpc) is 3.30. The highest BCUT2D eigenvalue weighted by Gasteiger charge is 2.54. The van der Waals surface area contributed by atoms with Crippen LogP contribution in [0.3, 0.4) is 0 Å². The first-order valence-corrected chi connectivity index (χ1v) is 12.0. The van der Waals surface area contributed by atoms with Crippen LogP contribution in [-0.4, -0.2) is 45.8 Å². The number of thioether (sulfide) groups is 1. The molecule has 1 aromatic rings. The van der Waals surface area contributed by atoms with Crippen LogP contribution in [0.1, 0.15) is 51.4 Å². The predicted molar refractivity (Wildman–Crippen MR) is 106 cm³/mol. The highest BCUT2D eigenvalue weighted by molar-refractivity contribution is 8.01. The van der Waals surface area contributed by atoms with E-state index in [1.54, 1.807) is 0 Å². The smallest absolute Gasteiger partial charge is 0.233 e. The van der Waals surface area contributed by atoms with E-state index in [1.807, 2.05) is 4.90 Å². The summed E-state index contributed by atoms with van der Waals surface area (Å²) in [5, 5.41) is 11.9. The standard InChI is InChI=1S/C19H26N4O2S2/c24-15(23-3-1-2-4-23)11-26-18-22-21-17(27-18)20-16(25)19-8-12-5-13(9-19)7-14(6-12)10-19/h12-14H,1-11H2,(H,20,21,25). The van der Waals surface area contributed by atoms with Gasteiger partial charge in [-0.15, -0.1) is 10.2 Å². The van der Waals surface area contributed by atoms with Gasteiger partial charge in [0, 0.05) is 13.1 Å². The number of hydrogen-bond acceptors (Lipinski definition) is 6. The third kappa shape index (κ3) is 3.50. The molecule has 2 heterocycles. The van der Waals surface area contributed by atoms with E-state index in [0.717, 1.165) is 67.3 Å². The van der Waals surface area contributed by atoms with Crippen LogP contribution in [0, 0.1) is 23.2 Å². The van der Waals surface area contributed by atoms with Crippen LogP contribution in [-0.2, 0) is 9.59 Å². The first-order valence-electron chi connectivity index (χ1n) is 10.2. The molecule has 2 amide bonds. The van der Waals surface area contributed by atoms with Crippen LogP contribution in [0.15, 0.2) is 4.34 Å². The molecule has 0 spiro atoms. The molecule has 0 radical (unpaired) electrons. The summed E-state index contributed by atoms with van der Waals surface area (Å²) in [6.45, 7) is 1.75. The second kappa shape index (κ2) is 7.03. The highest BCUT2D eigenvalue weighted by atomic mass is 32.2. The van der Waals surface area contributed by atoms with Gasteiger partial charge in [-0.05, 0) is 69.1 Å². The maximum Gasteiger partial charge on any atom is 0.233 e. The molecule has 8 heteroatoms. The summed E-state index contributed by atoms with van der Waals surface area (Å²) in [5.41, 5.74) is -0.167. The molecule has 1 aromatic heterocycles. The fourth-order valence-corrected chi connectivity index (χ4v) is 7.77. The van der Waals surface area contributed by atoms with Gasteiger partial charge < -0.3 is 10.2 Å². The Morgan fingerprint density at radius 2 is 1.70 bits per heavy atom. The molecular formula is C19H26N4O2S2. The molecule has 6 nitrogen and oxygen atoms in total. The summed E-state index contributed by atoms with van der Waals surface area (Å²) in [7, 11) is 0. The predicted octanol–water partition coefficient (Wildman–Crippen LogP) is 3.41. The van der Waals surface area contributed by atoms with Gasteiger partial charge in [0.05, 0.1) is 11.2 Å². The minimum Gasteiger partial charge on any atom is -0.342 e. The van der Waals surface area contributed by atoms with E-state index >= 15 is 0 Å². The Morgan fingerprint density at radius 1 is 1.07 bits per heavy atom. The molecule has 1 saturated heterocycles. The van der Waals surface area contributed by atoms with E-state index in [4.69, 9.17) is 0 Å². The molecule has 5 fully saturated rings. The van der Waals surface area contributed by atoms with Crippen molar-refractivity contribution in [3.05, 3.63) is 0 Å². The molecule has 0 aromatic carbocycles. The van der Waals surface area contributed by atoms with E-state index in [0.29, 0.717) is 10.9 Å². The lowest BCUT2D eigenvalue weighted by Crippen LogP contribution is -2.51. The maximum atomic E-state index is 13.1. The molecule has 1 N–H and O–H groups in total. The van der Waals surface area contributed by atoms with Crippen LogP contribution in [0.5, 0.6) is 0 Å². The molecule has 27 heavy (non-hydrogen) atoms. The summed E-state index contributed by atoms with van der Waals surface area (Å²) >= 11 is 2.81. The van der Waals surface area contributed by atoms with Crippen molar-refractivity contribution in [1.29, 1.82) is 0 Å². The number of anilines is 1. The molecule has 0 atom stereocenters. The molecular weight excluding hydrogens is 380 g/mol. The van der Waals surface area contributed by atoms with Crippen molar-refractivity contribution in [3.63, 3.8) is 0 Å². The van der Waals surface area contributed by atoms with Gasteiger partial charge >= 0.3 is 0 Å². The maximum absolute atomic E-state index is 13.1. The van der Waals surface area contributed by atoms with Crippen molar-refractivity contribution in [2.75, 3.05) is 24.2 Å². The van der Waals surface area contributed by atoms with Gasteiger partial charge in [0.15, 0.2) is 4.34 Å². The topological polar surface area (TPSA) is 75.2 Å². The number of nitrogens with zero attached hydrogens (tertiary/aromatic N) is 3. The first kappa shape index (κ1) is 17.9. The number of aromatic nitrogens is 2. The third-order valence-electron chi connectivity index (χ3n) is 6.92.